The highest BCUT2D eigenvalue weighted by Gasteiger charge is 2.21. The Kier molecular flexibility index (Phi) is 3.62. The number of pyridine rings is 1. The van der Waals surface area contributed by atoms with Gasteiger partial charge in [-0.2, -0.15) is 0 Å². The molecule has 0 aliphatic carbocycles. The molecule has 0 atom stereocenters. The van der Waals surface area contributed by atoms with Crippen LogP contribution in [0.25, 0.3) is 0 Å². The monoisotopic (exact) mass is 267 g/mol. The van der Waals surface area contributed by atoms with E-state index in [2.05, 4.69) is 20.9 Å². The van der Waals surface area contributed by atoms with Gasteiger partial charge in [-0.25, -0.2) is 18.2 Å². The molecule has 0 saturated heterocycles. The van der Waals surface area contributed by atoms with E-state index in [1.807, 2.05) is 0 Å². The van der Waals surface area contributed by atoms with Crippen molar-refractivity contribution in [2.75, 3.05) is 0 Å². The number of carbonyl (C=O) groups is 1. The van der Waals surface area contributed by atoms with Gasteiger partial charge < -0.3 is 0 Å². The van der Waals surface area contributed by atoms with Crippen molar-refractivity contribution in [2.24, 2.45) is 0 Å². The predicted octanol–water partition coefficient (Wildman–Crippen LogP) is 2.87. The Hall–Kier alpha value is -0.910. The first-order chi connectivity index (χ1) is 6.61. The van der Waals surface area contributed by atoms with E-state index in [4.69, 9.17) is 0 Å². The lowest BCUT2D eigenvalue weighted by Gasteiger charge is -2.08. The fourth-order valence-electron chi connectivity index (χ4n) is 1.03. The number of carbonyl (C=O) groups excluding carboxylic acids is 1. The minimum atomic E-state index is -2.91. The Labute approximate surface area is 86.3 Å². The third-order valence-electron chi connectivity index (χ3n) is 1.67. The quantitative estimate of drug-likeness (QED) is 0.623. The summed E-state index contributed by atoms with van der Waals surface area (Å²) in [6.45, 7) is 0. The number of hydrogen-bond acceptors (Lipinski definition) is 2. The first kappa shape index (κ1) is 11.2. The summed E-state index contributed by atoms with van der Waals surface area (Å²) < 4.78 is 37.9. The van der Waals surface area contributed by atoms with Crippen molar-refractivity contribution >= 4 is 22.2 Å². The maximum atomic E-state index is 13.0. The highest BCUT2D eigenvalue weighted by molar-refractivity contribution is 9.08. The van der Waals surface area contributed by atoms with Crippen molar-refractivity contribution in [1.29, 1.82) is 0 Å². The molecule has 2 nitrogen and oxygen atoms in total. The van der Waals surface area contributed by atoms with Crippen LogP contribution in [-0.2, 0) is 5.33 Å². The molecule has 0 radical (unpaired) electrons. The third-order valence-corrected chi connectivity index (χ3v) is 2.23. The zero-order valence-corrected chi connectivity index (χ0v) is 8.39. The van der Waals surface area contributed by atoms with Crippen LogP contribution in [0.2, 0.25) is 0 Å². The summed E-state index contributed by atoms with van der Waals surface area (Å²) in [6.07, 6.45) is -1.97. The van der Waals surface area contributed by atoms with Gasteiger partial charge in [-0.3, -0.25) is 4.79 Å². The minimum Gasteiger partial charge on any atom is -0.296 e. The van der Waals surface area contributed by atoms with Crippen molar-refractivity contribution in [1.82, 2.24) is 4.98 Å². The average molecular weight is 268 g/mol. The van der Waals surface area contributed by atoms with Gasteiger partial charge in [0.2, 0.25) is 0 Å². The van der Waals surface area contributed by atoms with Crippen LogP contribution in [0.15, 0.2) is 6.20 Å². The second-order valence-corrected chi connectivity index (χ2v) is 3.00. The van der Waals surface area contributed by atoms with Crippen molar-refractivity contribution in [2.45, 2.75) is 11.8 Å². The van der Waals surface area contributed by atoms with Crippen LogP contribution >= 0.6 is 15.9 Å². The summed E-state index contributed by atoms with van der Waals surface area (Å²) >= 11 is 2.87. The Morgan fingerprint density at radius 1 is 1.57 bits per heavy atom. The van der Waals surface area contributed by atoms with E-state index in [1.165, 1.54) is 0 Å². The number of hydrogen-bond donors (Lipinski definition) is 0. The topological polar surface area (TPSA) is 30.0 Å². The molecule has 0 aliphatic heterocycles. The highest BCUT2D eigenvalue weighted by atomic mass is 79.9. The Morgan fingerprint density at radius 2 is 2.21 bits per heavy atom. The summed E-state index contributed by atoms with van der Waals surface area (Å²) in [5, 5.41) is -0.0815. The molecule has 0 bridgehead atoms. The molecule has 1 aromatic rings. The molecule has 1 aromatic heterocycles. The van der Waals surface area contributed by atoms with E-state index in [0.717, 1.165) is 6.20 Å². The number of nitrogens with zero attached hydrogens (tertiary/aromatic N) is 1. The first-order valence-electron chi connectivity index (χ1n) is 3.58. The van der Waals surface area contributed by atoms with Crippen LogP contribution in [0.1, 0.15) is 28.0 Å². The molecule has 0 aromatic carbocycles. The molecule has 0 unspecified atom stereocenters. The number of halogens is 4. The normalized spacial score (nSPS) is 10.6. The zero-order chi connectivity index (χ0) is 10.7. The van der Waals surface area contributed by atoms with E-state index in [9.17, 15) is 18.0 Å². The van der Waals surface area contributed by atoms with E-state index in [1.54, 1.807) is 0 Å². The number of aromatic nitrogens is 1. The second-order valence-electron chi connectivity index (χ2n) is 2.44. The molecule has 0 N–H and O–H groups in total. The molecular formula is C8H5BrF3NO. The second kappa shape index (κ2) is 4.54. The van der Waals surface area contributed by atoms with Gasteiger partial charge in [-0.1, -0.05) is 15.9 Å². The number of rotatable bonds is 3. The largest absolute Gasteiger partial charge is 0.296 e. The van der Waals surface area contributed by atoms with Crippen LogP contribution < -0.4 is 0 Å². The number of alkyl halides is 3. The van der Waals surface area contributed by atoms with E-state index < -0.39 is 23.5 Å². The maximum absolute atomic E-state index is 13.0. The van der Waals surface area contributed by atoms with Gasteiger partial charge in [-0.15, -0.1) is 0 Å². The number of aldehydes is 1. The van der Waals surface area contributed by atoms with E-state index in [0.29, 0.717) is 0 Å². The average Bonchev–Trinajstić information content (AvgIpc) is 2.17. The molecule has 6 heteroatoms. The van der Waals surface area contributed by atoms with Gasteiger partial charge in [0, 0.05) is 10.9 Å². The molecular weight excluding hydrogens is 263 g/mol. The minimum absolute atomic E-state index is 0.0815. The lowest BCUT2D eigenvalue weighted by atomic mass is 10.1. The molecule has 76 valence electrons. The first-order valence-corrected chi connectivity index (χ1v) is 4.70. The predicted molar refractivity (Wildman–Crippen MR) is 47.2 cm³/mol. The molecule has 14 heavy (non-hydrogen) atoms. The molecule has 0 saturated carbocycles. The van der Waals surface area contributed by atoms with Gasteiger partial charge in [0.25, 0.3) is 6.43 Å². The zero-order valence-electron chi connectivity index (χ0n) is 6.81. The summed E-state index contributed by atoms with van der Waals surface area (Å²) in [6, 6.07) is 0. The van der Waals surface area contributed by atoms with Crippen molar-refractivity contribution in [3.05, 3.63) is 28.8 Å². The summed E-state index contributed by atoms with van der Waals surface area (Å²) in [5.74, 6) is -0.845. The van der Waals surface area contributed by atoms with Gasteiger partial charge >= 0.3 is 0 Å². The van der Waals surface area contributed by atoms with Crippen molar-refractivity contribution < 1.29 is 18.0 Å². The molecule has 1 rings (SSSR count). The third kappa shape index (κ3) is 1.95. The molecule has 1 heterocycles. The van der Waals surface area contributed by atoms with Gasteiger partial charge in [-0.05, 0) is 0 Å². The highest BCUT2D eigenvalue weighted by Crippen LogP contribution is 2.28. The molecule has 0 aliphatic rings. The standard InChI is InChI=1S/C8H5BrF3NO/c9-1-4-5(10)2-13-6(3-14)7(4)8(11)12/h2-3,8H,1H2. The van der Waals surface area contributed by atoms with Crippen molar-refractivity contribution in [3.8, 4) is 0 Å². The summed E-state index contributed by atoms with van der Waals surface area (Å²) in [5.41, 5.74) is -1.29. The smallest absolute Gasteiger partial charge is 0.266 e. The molecule has 0 amide bonds. The Balaban J connectivity index is 3.43. The Morgan fingerprint density at radius 3 is 2.64 bits per heavy atom. The summed E-state index contributed by atoms with van der Waals surface area (Å²) in [7, 11) is 0. The summed E-state index contributed by atoms with van der Waals surface area (Å²) in [4.78, 5) is 13.7. The van der Waals surface area contributed by atoms with Crippen LogP contribution in [0.5, 0.6) is 0 Å². The van der Waals surface area contributed by atoms with Crippen LogP contribution in [-0.4, -0.2) is 11.3 Å². The molecule has 0 fully saturated rings. The van der Waals surface area contributed by atoms with Gasteiger partial charge in [0.05, 0.1) is 11.8 Å². The van der Waals surface area contributed by atoms with Crippen LogP contribution in [0.4, 0.5) is 13.2 Å². The fourth-order valence-corrected chi connectivity index (χ4v) is 1.60. The molecule has 0 spiro atoms. The van der Waals surface area contributed by atoms with Crippen molar-refractivity contribution in [3.63, 3.8) is 0 Å². The maximum Gasteiger partial charge on any atom is 0.266 e. The lowest BCUT2D eigenvalue weighted by Crippen LogP contribution is -2.04. The van der Waals surface area contributed by atoms with Crippen LogP contribution in [0.3, 0.4) is 0 Å². The fraction of sp³-hybridized carbons (Fsp3) is 0.250. The SMILES string of the molecule is O=Cc1ncc(F)c(CBr)c1C(F)F. The van der Waals surface area contributed by atoms with E-state index in [-0.39, 0.29) is 17.2 Å². The van der Waals surface area contributed by atoms with Crippen LogP contribution in [0, 0.1) is 5.82 Å². The lowest BCUT2D eigenvalue weighted by molar-refractivity contribution is 0.110. The van der Waals surface area contributed by atoms with Gasteiger partial charge in [0.1, 0.15) is 11.5 Å². The Bertz CT molecular complexity index is 357. The van der Waals surface area contributed by atoms with E-state index >= 15 is 0 Å². The van der Waals surface area contributed by atoms with Gasteiger partial charge in [0.15, 0.2) is 6.29 Å².